The number of carbonyl (C=O) groups excluding carboxylic acids is 2. The van der Waals surface area contributed by atoms with Gasteiger partial charge < -0.3 is 20.2 Å². The Labute approximate surface area is 142 Å². The number of nitrogens with zero attached hydrogens (tertiary/aromatic N) is 2. The third-order valence-electron chi connectivity index (χ3n) is 4.90. The van der Waals surface area contributed by atoms with E-state index in [0.29, 0.717) is 39.0 Å². The third kappa shape index (κ3) is 3.70. The number of aliphatic hydroxyl groups is 1. The van der Waals surface area contributed by atoms with E-state index < -0.39 is 5.60 Å². The van der Waals surface area contributed by atoms with Crippen LogP contribution >= 0.6 is 0 Å². The van der Waals surface area contributed by atoms with Crippen LogP contribution in [0.3, 0.4) is 0 Å². The lowest BCUT2D eigenvalue weighted by molar-refractivity contribution is -0.127. The van der Waals surface area contributed by atoms with Gasteiger partial charge >= 0.3 is 6.03 Å². The zero-order valence-corrected chi connectivity index (χ0v) is 13.9. The van der Waals surface area contributed by atoms with Crippen molar-refractivity contribution in [2.75, 3.05) is 32.7 Å². The van der Waals surface area contributed by atoms with Gasteiger partial charge in [0, 0.05) is 32.6 Å². The monoisotopic (exact) mass is 331 g/mol. The molecule has 2 aliphatic heterocycles. The Bertz CT molecular complexity index is 592. The van der Waals surface area contributed by atoms with Gasteiger partial charge in [-0.25, -0.2) is 4.79 Å². The minimum absolute atomic E-state index is 0.144. The number of β-amino-alcohol motifs (C(OH)–C–C–N with tert-alkyl or cyclic N) is 1. The second-order valence-electron chi connectivity index (χ2n) is 6.64. The molecule has 6 heteroatoms. The summed E-state index contributed by atoms with van der Waals surface area (Å²) < 4.78 is 0. The molecule has 6 nitrogen and oxygen atoms in total. The van der Waals surface area contributed by atoms with Crippen LogP contribution in [0.5, 0.6) is 0 Å². The summed E-state index contributed by atoms with van der Waals surface area (Å²) in [7, 11) is 0. The molecule has 1 aromatic carbocycles. The standard InChI is InChI=1S/C18H25N3O3/c22-16-8-4-11-20(16)12-5-10-19-17(23)21-13-9-18(24,14-21)15-6-2-1-3-7-15/h1-3,6-7,24H,4-5,8-14H2,(H,19,23)/t18-/m1/s1. The van der Waals surface area contributed by atoms with Crippen molar-refractivity contribution in [3.05, 3.63) is 35.9 Å². The average Bonchev–Trinajstić information content (AvgIpc) is 3.19. The molecule has 2 heterocycles. The van der Waals surface area contributed by atoms with E-state index in [0.717, 1.165) is 24.9 Å². The zero-order valence-electron chi connectivity index (χ0n) is 13.9. The van der Waals surface area contributed by atoms with Crippen molar-refractivity contribution in [3.63, 3.8) is 0 Å². The Balaban J connectivity index is 1.42. The molecule has 2 saturated heterocycles. The molecule has 130 valence electrons. The molecule has 0 aromatic heterocycles. The lowest BCUT2D eigenvalue weighted by atomic mass is 9.93. The number of nitrogens with one attached hydrogen (secondary N) is 1. The highest BCUT2D eigenvalue weighted by molar-refractivity contribution is 5.78. The first kappa shape index (κ1) is 16.8. The SMILES string of the molecule is O=C1CCCN1CCCNC(=O)N1CC[C@](O)(c2ccccc2)C1. The molecule has 1 aromatic rings. The van der Waals surface area contributed by atoms with E-state index in [1.807, 2.05) is 35.2 Å². The van der Waals surface area contributed by atoms with Crippen molar-refractivity contribution >= 4 is 11.9 Å². The van der Waals surface area contributed by atoms with Crippen LogP contribution in [-0.4, -0.2) is 59.6 Å². The van der Waals surface area contributed by atoms with Crippen molar-refractivity contribution in [1.82, 2.24) is 15.1 Å². The molecule has 0 bridgehead atoms. The van der Waals surface area contributed by atoms with E-state index in [1.54, 1.807) is 4.90 Å². The van der Waals surface area contributed by atoms with E-state index in [4.69, 9.17) is 0 Å². The van der Waals surface area contributed by atoms with Gasteiger partial charge in [-0.3, -0.25) is 4.79 Å². The van der Waals surface area contributed by atoms with Gasteiger partial charge in [0.25, 0.3) is 0 Å². The molecule has 0 aliphatic carbocycles. The van der Waals surface area contributed by atoms with Crippen LogP contribution in [0, 0.1) is 0 Å². The number of hydrogen-bond acceptors (Lipinski definition) is 3. The Morgan fingerprint density at radius 3 is 2.75 bits per heavy atom. The van der Waals surface area contributed by atoms with Crippen LogP contribution in [0.25, 0.3) is 0 Å². The van der Waals surface area contributed by atoms with Gasteiger partial charge in [-0.2, -0.15) is 0 Å². The van der Waals surface area contributed by atoms with Crippen molar-refractivity contribution < 1.29 is 14.7 Å². The molecule has 3 rings (SSSR count). The number of benzene rings is 1. The molecule has 0 unspecified atom stereocenters. The van der Waals surface area contributed by atoms with Crippen molar-refractivity contribution in [3.8, 4) is 0 Å². The van der Waals surface area contributed by atoms with E-state index in [1.165, 1.54) is 0 Å². The quantitative estimate of drug-likeness (QED) is 0.799. The predicted molar refractivity (Wildman–Crippen MR) is 90.4 cm³/mol. The number of rotatable bonds is 5. The Morgan fingerprint density at radius 1 is 1.25 bits per heavy atom. The topological polar surface area (TPSA) is 72.9 Å². The number of urea groups is 1. The zero-order chi connectivity index (χ0) is 17.0. The van der Waals surface area contributed by atoms with Crippen molar-refractivity contribution in [2.45, 2.75) is 31.3 Å². The minimum Gasteiger partial charge on any atom is -0.383 e. The smallest absolute Gasteiger partial charge is 0.317 e. The Hall–Kier alpha value is -2.08. The fourth-order valence-corrected chi connectivity index (χ4v) is 3.47. The van der Waals surface area contributed by atoms with E-state index in [9.17, 15) is 14.7 Å². The second-order valence-corrected chi connectivity index (χ2v) is 6.64. The molecule has 24 heavy (non-hydrogen) atoms. The van der Waals surface area contributed by atoms with E-state index in [2.05, 4.69) is 5.32 Å². The van der Waals surface area contributed by atoms with E-state index in [-0.39, 0.29) is 11.9 Å². The fourth-order valence-electron chi connectivity index (χ4n) is 3.47. The summed E-state index contributed by atoms with van der Waals surface area (Å²) in [5.74, 6) is 0.216. The maximum atomic E-state index is 12.2. The lowest BCUT2D eigenvalue weighted by Crippen LogP contribution is -2.41. The number of likely N-dealkylation sites (tertiary alicyclic amines) is 2. The molecular weight excluding hydrogens is 306 g/mol. The van der Waals surface area contributed by atoms with Crippen molar-refractivity contribution in [1.29, 1.82) is 0 Å². The molecule has 2 aliphatic rings. The number of amides is 3. The lowest BCUT2D eigenvalue weighted by Gasteiger charge is -2.24. The molecule has 0 saturated carbocycles. The molecule has 3 amide bonds. The first-order valence-corrected chi connectivity index (χ1v) is 8.67. The highest BCUT2D eigenvalue weighted by Gasteiger charge is 2.39. The molecule has 1 atom stereocenters. The van der Waals surface area contributed by atoms with Crippen LogP contribution < -0.4 is 5.32 Å². The normalized spacial score (nSPS) is 23.8. The fraction of sp³-hybridized carbons (Fsp3) is 0.556. The number of hydrogen-bond donors (Lipinski definition) is 2. The van der Waals surface area contributed by atoms with Crippen LogP contribution in [-0.2, 0) is 10.4 Å². The largest absolute Gasteiger partial charge is 0.383 e. The van der Waals surface area contributed by atoms with Gasteiger partial charge in [0.15, 0.2) is 0 Å². The Kier molecular flexibility index (Phi) is 5.04. The summed E-state index contributed by atoms with van der Waals surface area (Å²) in [6, 6.07) is 9.36. The van der Waals surface area contributed by atoms with Crippen LogP contribution in [0.1, 0.15) is 31.2 Å². The summed E-state index contributed by atoms with van der Waals surface area (Å²) in [4.78, 5) is 27.3. The summed E-state index contributed by atoms with van der Waals surface area (Å²) in [5, 5.41) is 13.7. The molecule has 0 spiro atoms. The molecular formula is C18H25N3O3. The first-order chi connectivity index (χ1) is 11.6. The predicted octanol–water partition coefficient (Wildman–Crippen LogP) is 1.30. The minimum atomic E-state index is -0.958. The van der Waals surface area contributed by atoms with E-state index >= 15 is 0 Å². The average molecular weight is 331 g/mol. The van der Waals surface area contributed by atoms with Crippen molar-refractivity contribution in [2.24, 2.45) is 0 Å². The summed E-state index contributed by atoms with van der Waals surface area (Å²) >= 11 is 0. The molecule has 2 fully saturated rings. The number of carbonyl (C=O) groups is 2. The maximum absolute atomic E-state index is 12.2. The van der Waals surface area contributed by atoms with Gasteiger partial charge in [-0.1, -0.05) is 30.3 Å². The van der Waals surface area contributed by atoms with Gasteiger partial charge in [-0.05, 0) is 24.8 Å². The van der Waals surface area contributed by atoms with Gasteiger partial charge in [-0.15, -0.1) is 0 Å². The Morgan fingerprint density at radius 2 is 2.04 bits per heavy atom. The van der Waals surface area contributed by atoms with Gasteiger partial charge in [0.2, 0.25) is 5.91 Å². The van der Waals surface area contributed by atoms with Crippen LogP contribution in [0.15, 0.2) is 30.3 Å². The summed E-state index contributed by atoms with van der Waals surface area (Å²) in [6.45, 7) is 2.94. The second kappa shape index (κ2) is 7.21. The molecule has 0 radical (unpaired) electrons. The van der Waals surface area contributed by atoms with Crippen LogP contribution in [0.2, 0.25) is 0 Å². The van der Waals surface area contributed by atoms with Gasteiger partial charge in [0.05, 0.1) is 6.54 Å². The summed E-state index contributed by atoms with van der Waals surface area (Å²) in [5.41, 5.74) is -0.103. The van der Waals surface area contributed by atoms with Crippen LogP contribution in [0.4, 0.5) is 4.79 Å². The third-order valence-corrected chi connectivity index (χ3v) is 4.90. The highest BCUT2D eigenvalue weighted by Crippen LogP contribution is 2.31. The first-order valence-electron chi connectivity index (χ1n) is 8.67. The summed E-state index contributed by atoms with van der Waals surface area (Å²) in [6.07, 6.45) is 2.90. The highest BCUT2D eigenvalue weighted by atomic mass is 16.3. The van der Waals surface area contributed by atoms with Gasteiger partial charge in [0.1, 0.15) is 5.60 Å². The maximum Gasteiger partial charge on any atom is 0.317 e. The molecule has 2 N–H and O–H groups in total.